The fourth-order valence-corrected chi connectivity index (χ4v) is 3.77. The Labute approximate surface area is 165 Å². The van der Waals surface area contributed by atoms with Crippen molar-refractivity contribution < 1.29 is 9.59 Å². The number of hydrogen-bond acceptors (Lipinski definition) is 4. The normalized spacial score (nSPS) is 19.3. The van der Waals surface area contributed by atoms with E-state index in [1.807, 2.05) is 36.1 Å². The average molecular weight is 378 g/mol. The molecule has 0 spiro atoms. The van der Waals surface area contributed by atoms with E-state index in [0.29, 0.717) is 17.9 Å². The first-order valence-electron chi connectivity index (χ1n) is 9.94. The number of nitrogen functional groups attached to an aromatic ring is 1. The number of piperidine rings is 1. The predicted molar refractivity (Wildman–Crippen MR) is 109 cm³/mol. The fraction of sp³-hybridized carbons (Fsp3) is 0.409. The molecule has 4 rings (SSSR count). The number of nitrogens with one attached hydrogen (secondary N) is 1. The maximum Gasteiger partial charge on any atom is 0.251 e. The van der Waals surface area contributed by atoms with Gasteiger partial charge in [-0.05, 0) is 62.4 Å². The Bertz CT molecular complexity index is 890. The van der Waals surface area contributed by atoms with Crippen molar-refractivity contribution in [3.05, 3.63) is 47.7 Å². The Hall–Kier alpha value is -2.89. The monoisotopic (exact) mass is 378 g/mol. The lowest BCUT2D eigenvalue weighted by Crippen LogP contribution is -2.50. The molecule has 1 aromatic carbocycles. The Balaban J connectivity index is 1.40. The van der Waals surface area contributed by atoms with Crippen molar-refractivity contribution in [2.75, 3.05) is 18.8 Å². The first kappa shape index (κ1) is 18.5. The van der Waals surface area contributed by atoms with Gasteiger partial charge in [0.05, 0.1) is 0 Å². The molecular formula is C22H26N4O2. The van der Waals surface area contributed by atoms with Gasteiger partial charge in [-0.15, -0.1) is 0 Å². The van der Waals surface area contributed by atoms with Crippen molar-refractivity contribution in [3.8, 4) is 11.1 Å². The van der Waals surface area contributed by atoms with Crippen LogP contribution in [0.2, 0.25) is 0 Å². The number of hydrogen-bond donors (Lipinski definition) is 2. The molecular weight excluding hydrogens is 352 g/mol. The number of nitrogens with zero attached hydrogens (tertiary/aromatic N) is 2. The van der Waals surface area contributed by atoms with Crippen LogP contribution >= 0.6 is 0 Å². The van der Waals surface area contributed by atoms with Crippen molar-refractivity contribution in [2.45, 2.75) is 38.6 Å². The summed E-state index contributed by atoms with van der Waals surface area (Å²) < 4.78 is 0. The molecule has 1 saturated carbocycles. The summed E-state index contributed by atoms with van der Waals surface area (Å²) in [5.41, 5.74) is 9.29. The third-order valence-corrected chi connectivity index (χ3v) is 5.52. The van der Waals surface area contributed by atoms with E-state index in [1.165, 1.54) is 0 Å². The maximum atomic E-state index is 12.6. The van der Waals surface area contributed by atoms with Crippen LogP contribution in [0.4, 0.5) is 5.82 Å². The summed E-state index contributed by atoms with van der Waals surface area (Å²) in [7, 11) is 0. The number of anilines is 1. The lowest BCUT2D eigenvalue weighted by Gasteiger charge is -2.33. The number of carbonyl (C=O) groups excluding carboxylic acids is 2. The number of aryl methyl sites for hydroxylation is 1. The summed E-state index contributed by atoms with van der Waals surface area (Å²) in [6.45, 7) is 3.32. The van der Waals surface area contributed by atoms with Crippen LogP contribution < -0.4 is 11.1 Å². The molecule has 146 valence electrons. The molecule has 1 aromatic heterocycles. The van der Waals surface area contributed by atoms with Crippen LogP contribution in [0.5, 0.6) is 0 Å². The first-order valence-corrected chi connectivity index (χ1v) is 9.94. The molecule has 1 saturated heterocycles. The van der Waals surface area contributed by atoms with Crippen LogP contribution in [0.1, 0.15) is 41.7 Å². The van der Waals surface area contributed by atoms with Crippen LogP contribution in [-0.2, 0) is 4.79 Å². The molecule has 2 amide bonds. The highest BCUT2D eigenvalue weighted by Gasteiger charge is 2.35. The molecule has 1 aliphatic heterocycles. The number of rotatable bonds is 4. The van der Waals surface area contributed by atoms with Crippen LogP contribution in [0, 0.1) is 12.8 Å². The summed E-state index contributed by atoms with van der Waals surface area (Å²) in [6.07, 6.45) is 3.87. The van der Waals surface area contributed by atoms with Gasteiger partial charge in [-0.25, -0.2) is 4.98 Å². The van der Waals surface area contributed by atoms with Gasteiger partial charge in [-0.3, -0.25) is 9.59 Å². The predicted octanol–water partition coefficient (Wildman–Crippen LogP) is 2.77. The average Bonchev–Trinajstić information content (AvgIpc) is 3.53. The molecule has 0 radical (unpaired) electrons. The molecule has 2 fully saturated rings. The zero-order valence-corrected chi connectivity index (χ0v) is 16.1. The number of aromatic nitrogens is 1. The number of pyridine rings is 1. The summed E-state index contributed by atoms with van der Waals surface area (Å²) in [5, 5.41) is 3.09. The highest BCUT2D eigenvalue weighted by Crippen LogP contribution is 2.32. The number of amides is 2. The van der Waals surface area contributed by atoms with Crippen molar-refractivity contribution in [2.24, 2.45) is 5.92 Å². The van der Waals surface area contributed by atoms with E-state index < -0.39 is 0 Å². The minimum absolute atomic E-state index is 0.0144. The second-order valence-electron chi connectivity index (χ2n) is 7.83. The molecule has 6 nitrogen and oxygen atoms in total. The van der Waals surface area contributed by atoms with Crippen molar-refractivity contribution in [1.82, 2.24) is 15.2 Å². The molecule has 0 unspecified atom stereocenters. The molecule has 1 aliphatic carbocycles. The van der Waals surface area contributed by atoms with Crippen LogP contribution in [0.25, 0.3) is 11.1 Å². The third kappa shape index (κ3) is 4.01. The Morgan fingerprint density at radius 3 is 2.54 bits per heavy atom. The highest BCUT2D eigenvalue weighted by molar-refractivity contribution is 5.95. The van der Waals surface area contributed by atoms with Gasteiger partial charge in [0.2, 0.25) is 5.91 Å². The van der Waals surface area contributed by atoms with Crippen LogP contribution in [0.15, 0.2) is 36.4 Å². The van der Waals surface area contributed by atoms with Gasteiger partial charge in [-0.2, -0.15) is 0 Å². The molecule has 0 bridgehead atoms. The van der Waals surface area contributed by atoms with Crippen molar-refractivity contribution >= 4 is 17.6 Å². The summed E-state index contributed by atoms with van der Waals surface area (Å²) in [4.78, 5) is 31.1. The first-order chi connectivity index (χ1) is 13.5. The zero-order valence-electron chi connectivity index (χ0n) is 16.1. The lowest BCUT2D eigenvalue weighted by molar-refractivity contribution is -0.133. The van der Waals surface area contributed by atoms with E-state index in [2.05, 4.69) is 10.3 Å². The molecule has 28 heavy (non-hydrogen) atoms. The largest absolute Gasteiger partial charge is 0.383 e. The minimum Gasteiger partial charge on any atom is -0.383 e. The van der Waals surface area contributed by atoms with E-state index in [4.69, 9.17) is 5.73 Å². The second-order valence-corrected chi connectivity index (χ2v) is 7.83. The number of carbonyl (C=O) groups is 2. The van der Waals surface area contributed by atoms with Crippen LogP contribution in [-0.4, -0.2) is 40.8 Å². The van der Waals surface area contributed by atoms with Gasteiger partial charge >= 0.3 is 0 Å². The molecule has 2 heterocycles. The van der Waals surface area contributed by atoms with E-state index in [-0.39, 0.29) is 23.8 Å². The number of benzene rings is 1. The maximum absolute atomic E-state index is 12.6. The Kier molecular flexibility index (Phi) is 5.03. The highest BCUT2D eigenvalue weighted by atomic mass is 16.2. The Morgan fingerprint density at radius 1 is 1.11 bits per heavy atom. The summed E-state index contributed by atoms with van der Waals surface area (Å²) in [5.74, 6) is 0.866. The molecule has 1 atom stereocenters. The van der Waals surface area contributed by atoms with E-state index in [9.17, 15) is 9.59 Å². The fourth-order valence-electron chi connectivity index (χ4n) is 3.77. The van der Waals surface area contributed by atoms with E-state index in [0.717, 1.165) is 49.0 Å². The smallest absolute Gasteiger partial charge is 0.251 e. The minimum atomic E-state index is -0.104. The Morgan fingerprint density at radius 2 is 1.86 bits per heavy atom. The van der Waals surface area contributed by atoms with E-state index in [1.54, 1.807) is 12.1 Å². The molecule has 3 N–H and O–H groups in total. The van der Waals surface area contributed by atoms with Gasteiger partial charge < -0.3 is 16.0 Å². The standard InChI is InChI=1S/C22H26N4O2/c1-14-4-11-19(20(23)24-14)15-5-7-16(8-6-15)21(27)25-18-3-2-12-26(13-18)22(28)17-9-10-17/h4-8,11,17-18H,2-3,9-10,12-13H2,1H3,(H2,23,24)(H,25,27)/t18-/m0/s1. The van der Waals surface area contributed by atoms with Crippen molar-refractivity contribution in [3.63, 3.8) is 0 Å². The van der Waals surface area contributed by atoms with Crippen molar-refractivity contribution in [1.29, 1.82) is 0 Å². The van der Waals surface area contributed by atoms with Crippen LogP contribution in [0.3, 0.4) is 0 Å². The number of nitrogens with two attached hydrogens (primary N) is 1. The molecule has 6 heteroatoms. The summed E-state index contributed by atoms with van der Waals surface area (Å²) in [6, 6.07) is 11.3. The molecule has 2 aromatic rings. The molecule has 2 aliphatic rings. The van der Waals surface area contributed by atoms with Gasteiger partial charge in [0.15, 0.2) is 0 Å². The van der Waals surface area contributed by atoms with Gasteiger partial charge in [0.25, 0.3) is 5.91 Å². The van der Waals surface area contributed by atoms with Gasteiger partial charge in [0, 0.05) is 41.9 Å². The third-order valence-electron chi connectivity index (χ3n) is 5.52. The second kappa shape index (κ2) is 7.62. The lowest BCUT2D eigenvalue weighted by atomic mass is 10.0. The van der Waals surface area contributed by atoms with Gasteiger partial charge in [0.1, 0.15) is 5.82 Å². The SMILES string of the molecule is Cc1ccc(-c2ccc(C(=O)N[C@H]3CCCN(C(=O)C4CC4)C3)cc2)c(N)n1. The quantitative estimate of drug-likeness (QED) is 0.856. The summed E-state index contributed by atoms with van der Waals surface area (Å²) >= 11 is 0. The number of likely N-dealkylation sites (tertiary alicyclic amines) is 1. The zero-order chi connectivity index (χ0) is 19.7. The van der Waals surface area contributed by atoms with Gasteiger partial charge in [-0.1, -0.05) is 12.1 Å². The topological polar surface area (TPSA) is 88.3 Å². The van der Waals surface area contributed by atoms with E-state index >= 15 is 0 Å².